The Morgan fingerprint density at radius 3 is 2.89 bits per heavy atom. The molecule has 0 unspecified atom stereocenters. The number of benzene rings is 1. The summed E-state index contributed by atoms with van der Waals surface area (Å²) in [6.45, 7) is 3.39. The number of aryl methyl sites for hydroxylation is 1. The lowest BCUT2D eigenvalue weighted by molar-refractivity contribution is 0.0697. The number of anilines is 1. The van der Waals surface area contributed by atoms with E-state index < -0.39 is 5.97 Å². The van der Waals surface area contributed by atoms with Crippen LogP contribution in [0.2, 0.25) is 0 Å². The molecule has 2 aromatic heterocycles. The van der Waals surface area contributed by atoms with E-state index in [2.05, 4.69) is 15.3 Å². The average Bonchev–Trinajstić information content (AvgIpc) is 3.49. The van der Waals surface area contributed by atoms with Crippen LogP contribution < -0.4 is 5.32 Å². The molecule has 7 heteroatoms. The number of aromatic carboxylic acids is 1. The molecule has 1 aliphatic carbocycles. The molecule has 2 N–H and O–H groups in total. The number of carboxylic acid groups (broad SMARTS) is 1. The van der Waals surface area contributed by atoms with Crippen molar-refractivity contribution >= 4 is 33.6 Å². The van der Waals surface area contributed by atoms with Crippen LogP contribution in [0.3, 0.4) is 0 Å². The minimum absolute atomic E-state index is 0.222. The Bertz CT molecular complexity index is 1000. The molecule has 0 amide bonds. The summed E-state index contributed by atoms with van der Waals surface area (Å²) in [6, 6.07) is 5.39. The van der Waals surface area contributed by atoms with Crippen LogP contribution in [0.15, 0.2) is 24.4 Å². The highest BCUT2D eigenvalue weighted by atomic mass is 16.5. The standard InChI is InChI=1S/C20H22N4O3/c1-2-27-9-3-4-17-21-11-15-14-8-5-12(20(25)26)10-16(14)23-19(18(15)24-17)22-13-6-7-13/h5,8,10-11,13H,2-4,6-7,9H2,1H3,(H,22,23)(H,25,26). The number of nitrogens with zero attached hydrogens (tertiary/aromatic N) is 3. The Kier molecular flexibility index (Phi) is 4.85. The van der Waals surface area contributed by atoms with Crippen molar-refractivity contribution < 1.29 is 14.6 Å². The molecule has 0 aliphatic heterocycles. The highest BCUT2D eigenvalue weighted by molar-refractivity contribution is 6.09. The monoisotopic (exact) mass is 366 g/mol. The quantitative estimate of drug-likeness (QED) is 0.466. The van der Waals surface area contributed by atoms with Crippen LogP contribution in [0.4, 0.5) is 5.82 Å². The van der Waals surface area contributed by atoms with Crippen molar-refractivity contribution in [3.8, 4) is 0 Å². The van der Waals surface area contributed by atoms with Crippen molar-refractivity contribution in [3.63, 3.8) is 0 Å². The number of rotatable bonds is 8. The molecule has 0 spiro atoms. The fourth-order valence-electron chi connectivity index (χ4n) is 3.07. The number of fused-ring (bicyclic) bond motifs is 3. The third kappa shape index (κ3) is 3.83. The number of hydrogen-bond donors (Lipinski definition) is 2. The molecule has 1 aromatic carbocycles. The number of aromatic nitrogens is 3. The van der Waals surface area contributed by atoms with Crippen LogP contribution in [0, 0.1) is 0 Å². The summed E-state index contributed by atoms with van der Waals surface area (Å²) in [5.41, 5.74) is 1.65. The van der Waals surface area contributed by atoms with Crippen LogP contribution in [-0.2, 0) is 11.2 Å². The lowest BCUT2D eigenvalue weighted by Gasteiger charge is -2.12. The van der Waals surface area contributed by atoms with Crippen molar-refractivity contribution in [1.29, 1.82) is 0 Å². The van der Waals surface area contributed by atoms with Gasteiger partial charge in [0.1, 0.15) is 11.3 Å². The van der Waals surface area contributed by atoms with Gasteiger partial charge in [0.25, 0.3) is 0 Å². The van der Waals surface area contributed by atoms with Crippen LogP contribution in [0.5, 0.6) is 0 Å². The molecule has 4 rings (SSSR count). The molecule has 1 aliphatic rings. The maximum Gasteiger partial charge on any atom is 0.335 e. The van der Waals surface area contributed by atoms with Gasteiger partial charge in [-0.1, -0.05) is 6.07 Å². The minimum atomic E-state index is -0.962. The lowest BCUT2D eigenvalue weighted by atomic mass is 10.1. The van der Waals surface area contributed by atoms with Gasteiger partial charge in [-0.2, -0.15) is 0 Å². The van der Waals surface area contributed by atoms with Gasteiger partial charge in [-0.25, -0.2) is 19.7 Å². The Balaban J connectivity index is 1.77. The van der Waals surface area contributed by atoms with Crippen LogP contribution >= 0.6 is 0 Å². The molecule has 0 atom stereocenters. The van der Waals surface area contributed by atoms with Crippen LogP contribution in [0.1, 0.15) is 42.4 Å². The smallest absolute Gasteiger partial charge is 0.335 e. The fraction of sp³-hybridized carbons (Fsp3) is 0.400. The second kappa shape index (κ2) is 7.44. The zero-order valence-corrected chi connectivity index (χ0v) is 15.2. The Morgan fingerprint density at radius 1 is 1.30 bits per heavy atom. The van der Waals surface area contributed by atoms with Gasteiger partial charge in [-0.3, -0.25) is 0 Å². The molecule has 1 fully saturated rings. The summed E-state index contributed by atoms with van der Waals surface area (Å²) >= 11 is 0. The van der Waals surface area contributed by atoms with E-state index in [9.17, 15) is 9.90 Å². The summed E-state index contributed by atoms with van der Waals surface area (Å²) in [5, 5.41) is 14.4. The second-order valence-electron chi connectivity index (χ2n) is 6.77. The second-order valence-corrected chi connectivity index (χ2v) is 6.77. The van der Waals surface area contributed by atoms with Crippen LogP contribution in [0.25, 0.3) is 21.8 Å². The zero-order valence-electron chi connectivity index (χ0n) is 15.2. The van der Waals surface area contributed by atoms with Gasteiger partial charge in [-0.05, 0) is 38.3 Å². The van der Waals surface area contributed by atoms with Gasteiger partial charge in [0, 0.05) is 42.6 Å². The van der Waals surface area contributed by atoms with Gasteiger partial charge in [0.2, 0.25) is 0 Å². The lowest BCUT2D eigenvalue weighted by Crippen LogP contribution is -2.07. The van der Waals surface area contributed by atoms with E-state index in [1.165, 1.54) is 0 Å². The molecule has 3 aromatic rings. The first-order chi connectivity index (χ1) is 13.2. The van der Waals surface area contributed by atoms with Gasteiger partial charge >= 0.3 is 5.97 Å². The molecule has 1 saturated carbocycles. The first-order valence-corrected chi connectivity index (χ1v) is 9.32. The predicted octanol–water partition coefficient (Wildman–Crippen LogP) is 3.42. The SMILES string of the molecule is CCOCCCc1ncc2c(n1)c(NC1CC1)nc1cc(C(=O)O)ccc12. The van der Waals surface area contributed by atoms with Gasteiger partial charge in [0.15, 0.2) is 5.82 Å². The zero-order chi connectivity index (χ0) is 18.8. The maximum absolute atomic E-state index is 11.3. The molecule has 7 nitrogen and oxygen atoms in total. The van der Waals surface area contributed by atoms with Gasteiger partial charge < -0.3 is 15.2 Å². The molecule has 27 heavy (non-hydrogen) atoms. The van der Waals surface area contributed by atoms with Crippen molar-refractivity contribution in [2.75, 3.05) is 18.5 Å². The number of pyridine rings is 1. The molecule has 140 valence electrons. The van der Waals surface area contributed by atoms with Gasteiger partial charge in [-0.15, -0.1) is 0 Å². The number of carboxylic acids is 1. The normalized spacial score (nSPS) is 14.0. The highest BCUT2D eigenvalue weighted by Gasteiger charge is 2.23. The summed E-state index contributed by atoms with van der Waals surface area (Å²) in [7, 11) is 0. The molecule has 0 saturated heterocycles. The number of hydrogen-bond acceptors (Lipinski definition) is 6. The summed E-state index contributed by atoms with van der Waals surface area (Å²) in [5.74, 6) is 0.511. The van der Waals surface area contributed by atoms with Crippen molar-refractivity contribution in [2.24, 2.45) is 0 Å². The molecular formula is C20H22N4O3. The first-order valence-electron chi connectivity index (χ1n) is 9.32. The molecule has 2 heterocycles. The van der Waals surface area contributed by atoms with Gasteiger partial charge in [0.05, 0.1) is 11.1 Å². The summed E-state index contributed by atoms with van der Waals surface area (Å²) in [6.07, 6.45) is 5.66. The van der Waals surface area contributed by atoms with Crippen LogP contribution in [-0.4, -0.2) is 45.3 Å². The number of nitrogens with one attached hydrogen (secondary N) is 1. The Labute approximate surface area is 156 Å². The maximum atomic E-state index is 11.3. The van der Waals surface area contributed by atoms with E-state index >= 15 is 0 Å². The predicted molar refractivity (Wildman–Crippen MR) is 103 cm³/mol. The third-order valence-electron chi connectivity index (χ3n) is 4.64. The van der Waals surface area contributed by atoms with E-state index in [-0.39, 0.29) is 5.56 Å². The van der Waals surface area contributed by atoms with Crippen molar-refractivity contribution in [3.05, 3.63) is 35.8 Å². The third-order valence-corrected chi connectivity index (χ3v) is 4.64. The fourth-order valence-corrected chi connectivity index (χ4v) is 3.07. The minimum Gasteiger partial charge on any atom is -0.478 e. The molecular weight excluding hydrogens is 344 g/mol. The largest absolute Gasteiger partial charge is 0.478 e. The van der Waals surface area contributed by atoms with Crippen molar-refractivity contribution in [1.82, 2.24) is 15.0 Å². The topological polar surface area (TPSA) is 97.2 Å². The van der Waals surface area contributed by atoms with E-state index in [4.69, 9.17) is 9.72 Å². The molecule has 0 radical (unpaired) electrons. The Hall–Kier alpha value is -2.80. The Morgan fingerprint density at radius 2 is 2.15 bits per heavy atom. The highest BCUT2D eigenvalue weighted by Crippen LogP contribution is 2.32. The average molecular weight is 366 g/mol. The van der Waals surface area contributed by atoms with E-state index in [0.29, 0.717) is 30.6 Å². The van der Waals surface area contributed by atoms with E-state index in [0.717, 1.165) is 47.8 Å². The molecule has 0 bridgehead atoms. The number of ether oxygens (including phenoxy) is 1. The van der Waals surface area contributed by atoms with E-state index in [1.54, 1.807) is 18.2 Å². The van der Waals surface area contributed by atoms with E-state index in [1.807, 2.05) is 13.1 Å². The number of carbonyl (C=O) groups is 1. The van der Waals surface area contributed by atoms with Crippen molar-refractivity contribution in [2.45, 2.75) is 38.6 Å². The summed E-state index contributed by atoms with van der Waals surface area (Å²) < 4.78 is 5.39. The first kappa shape index (κ1) is 17.6. The summed E-state index contributed by atoms with van der Waals surface area (Å²) in [4.78, 5) is 25.2.